The van der Waals surface area contributed by atoms with E-state index in [0.717, 1.165) is 31.9 Å². The molecule has 2 N–H and O–H groups in total. The van der Waals surface area contributed by atoms with Crippen LogP contribution in [0.5, 0.6) is 0 Å². The van der Waals surface area contributed by atoms with E-state index >= 15 is 0 Å². The zero-order chi connectivity index (χ0) is 13.2. The molecule has 3 rings (SSSR count). The summed E-state index contributed by atoms with van der Waals surface area (Å²) in [5.74, 6) is 1.15. The van der Waals surface area contributed by atoms with Crippen LogP contribution in [0.25, 0.3) is 0 Å². The fourth-order valence-electron chi connectivity index (χ4n) is 3.19. The first-order valence-corrected chi connectivity index (χ1v) is 7.43. The molecule has 1 aliphatic carbocycles. The maximum atomic E-state index is 5.94. The van der Waals surface area contributed by atoms with Crippen LogP contribution in [-0.2, 0) is 19.4 Å². The van der Waals surface area contributed by atoms with E-state index in [2.05, 4.69) is 22.9 Å². The fraction of sp³-hybridized carbons (Fsp3) is 0.667. The van der Waals surface area contributed by atoms with Gasteiger partial charge in [-0.3, -0.25) is 0 Å². The lowest BCUT2D eigenvalue weighted by Gasteiger charge is -2.25. The molecule has 2 aliphatic rings. The van der Waals surface area contributed by atoms with E-state index in [1.807, 2.05) is 0 Å². The Morgan fingerprint density at radius 1 is 1.16 bits per heavy atom. The van der Waals surface area contributed by atoms with Gasteiger partial charge in [-0.1, -0.05) is 0 Å². The Kier molecular flexibility index (Phi) is 3.71. The maximum Gasteiger partial charge on any atom is 0.133 e. The Morgan fingerprint density at radius 2 is 2.05 bits per heavy atom. The predicted octanol–water partition coefficient (Wildman–Crippen LogP) is 1.17. The summed E-state index contributed by atoms with van der Waals surface area (Å²) in [7, 11) is 2.20. The van der Waals surface area contributed by atoms with Crippen molar-refractivity contribution in [1.82, 2.24) is 9.88 Å². The van der Waals surface area contributed by atoms with Crippen LogP contribution in [0.15, 0.2) is 6.07 Å². The number of rotatable bonds is 2. The second kappa shape index (κ2) is 5.47. The van der Waals surface area contributed by atoms with Crippen LogP contribution in [-0.4, -0.2) is 43.1 Å². The second-order valence-corrected chi connectivity index (χ2v) is 5.78. The van der Waals surface area contributed by atoms with Gasteiger partial charge < -0.3 is 15.5 Å². The van der Waals surface area contributed by atoms with Gasteiger partial charge in [-0.15, -0.1) is 0 Å². The molecule has 0 saturated carbocycles. The molecule has 4 heteroatoms. The number of hydrogen-bond donors (Lipinski definition) is 1. The number of aromatic nitrogens is 1. The number of hydrogen-bond acceptors (Lipinski definition) is 4. The molecule has 1 saturated heterocycles. The van der Waals surface area contributed by atoms with Gasteiger partial charge in [0.15, 0.2) is 0 Å². The van der Waals surface area contributed by atoms with Crippen molar-refractivity contribution in [3.63, 3.8) is 0 Å². The van der Waals surface area contributed by atoms with Crippen molar-refractivity contribution in [2.24, 2.45) is 5.73 Å². The molecule has 1 aromatic rings. The van der Waals surface area contributed by atoms with Crippen molar-refractivity contribution in [3.8, 4) is 0 Å². The summed E-state index contributed by atoms with van der Waals surface area (Å²) in [6, 6.07) is 2.30. The van der Waals surface area contributed by atoms with E-state index in [-0.39, 0.29) is 0 Å². The number of nitrogens with two attached hydrogens (primary N) is 1. The molecule has 104 valence electrons. The van der Waals surface area contributed by atoms with Crippen molar-refractivity contribution in [3.05, 3.63) is 22.9 Å². The van der Waals surface area contributed by atoms with Crippen LogP contribution in [0.2, 0.25) is 0 Å². The minimum atomic E-state index is 0.599. The van der Waals surface area contributed by atoms with Gasteiger partial charge >= 0.3 is 0 Å². The van der Waals surface area contributed by atoms with Crippen molar-refractivity contribution < 1.29 is 0 Å². The highest BCUT2D eigenvalue weighted by Gasteiger charge is 2.20. The first-order chi connectivity index (χ1) is 9.28. The third kappa shape index (κ3) is 2.60. The third-order valence-corrected chi connectivity index (χ3v) is 4.35. The summed E-state index contributed by atoms with van der Waals surface area (Å²) in [5, 5.41) is 0. The third-order valence-electron chi connectivity index (χ3n) is 4.35. The topological polar surface area (TPSA) is 45.4 Å². The van der Waals surface area contributed by atoms with Gasteiger partial charge in [-0.25, -0.2) is 4.98 Å². The SMILES string of the molecule is CN1CCCN(c2nc3c(cc2CN)CCC3)CC1. The quantitative estimate of drug-likeness (QED) is 0.867. The molecule has 1 fully saturated rings. The summed E-state index contributed by atoms with van der Waals surface area (Å²) in [6.07, 6.45) is 4.77. The van der Waals surface area contributed by atoms with Crippen LogP contribution in [0.1, 0.15) is 29.7 Å². The first-order valence-electron chi connectivity index (χ1n) is 7.43. The summed E-state index contributed by atoms with van der Waals surface area (Å²) in [6.45, 7) is 5.06. The normalized spacial score (nSPS) is 20.4. The van der Waals surface area contributed by atoms with E-state index in [4.69, 9.17) is 10.7 Å². The van der Waals surface area contributed by atoms with Crippen molar-refractivity contribution in [2.45, 2.75) is 32.2 Å². The average molecular weight is 260 g/mol. The molecular weight excluding hydrogens is 236 g/mol. The van der Waals surface area contributed by atoms with Gasteiger partial charge in [-0.2, -0.15) is 0 Å². The monoisotopic (exact) mass is 260 g/mol. The highest BCUT2D eigenvalue weighted by atomic mass is 15.2. The zero-order valence-corrected chi connectivity index (χ0v) is 11.9. The van der Waals surface area contributed by atoms with Gasteiger partial charge in [-0.05, 0) is 50.9 Å². The van der Waals surface area contributed by atoms with E-state index in [1.54, 1.807) is 0 Å². The number of fused-ring (bicyclic) bond motifs is 1. The largest absolute Gasteiger partial charge is 0.355 e. The minimum absolute atomic E-state index is 0.599. The molecule has 2 heterocycles. The van der Waals surface area contributed by atoms with E-state index in [1.165, 1.54) is 42.6 Å². The Morgan fingerprint density at radius 3 is 2.89 bits per heavy atom. The second-order valence-electron chi connectivity index (χ2n) is 5.78. The lowest BCUT2D eigenvalue weighted by atomic mass is 10.1. The Hall–Kier alpha value is -1.13. The lowest BCUT2D eigenvalue weighted by Crippen LogP contribution is -2.30. The molecular formula is C15H24N4. The van der Waals surface area contributed by atoms with E-state index in [9.17, 15) is 0 Å². The van der Waals surface area contributed by atoms with Crippen LogP contribution in [0.4, 0.5) is 5.82 Å². The molecule has 0 atom stereocenters. The van der Waals surface area contributed by atoms with Crippen LogP contribution in [0, 0.1) is 0 Å². The highest BCUT2D eigenvalue weighted by Crippen LogP contribution is 2.27. The summed E-state index contributed by atoms with van der Waals surface area (Å²) >= 11 is 0. The molecule has 0 spiro atoms. The van der Waals surface area contributed by atoms with Crippen molar-refractivity contribution >= 4 is 5.82 Å². The van der Waals surface area contributed by atoms with Crippen molar-refractivity contribution in [1.29, 1.82) is 0 Å². The van der Waals surface area contributed by atoms with Gasteiger partial charge in [0.2, 0.25) is 0 Å². The standard InChI is InChI=1S/C15H24N4/c1-18-6-3-7-19(9-8-18)15-13(11-16)10-12-4-2-5-14(12)17-15/h10H,2-9,11,16H2,1H3. The molecule has 0 aromatic carbocycles. The van der Waals surface area contributed by atoms with Crippen LogP contribution in [0.3, 0.4) is 0 Å². The van der Waals surface area contributed by atoms with Crippen molar-refractivity contribution in [2.75, 3.05) is 38.1 Å². The minimum Gasteiger partial charge on any atom is -0.355 e. The molecule has 1 aliphatic heterocycles. The summed E-state index contributed by atoms with van der Waals surface area (Å²) < 4.78 is 0. The number of likely N-dealkylation sites (N-methyl/N-ethyl adjacent to an activating group) is 1. The summed E-state index contributed by atoms with van der Waals surface area (Å²) in [5.41, 5.74) is 9.90. The number of pyridine rings is 1. The van der Waals surface area contributed by atoms with Crippen LogP contribution < -0.4 is 10.6 Å². The average Bonchev–Trinajstić information content (AvgIpc) is 2.77. The summed E-state index contributed by atoms with van der Waals surface area (Å²) in [4.78, 5) is 9.77. The highest BCUT2D eigenvalue weighted by molar-refractivity contribution is 5.51. The molecule has 1 aromatic heterocycles. The Bertz CT molecular complexity index is 458. The van der Waals surface area contributed by atoms with Gasteiger partial charge in [0.1, 0.15) is 5.82 Å². The first kappa shape index (κ1) is 12.9. The van der Waals surface area contributed by atoms with E-state index in [0.29, 0.717) is 6.54 Å². The van der Waals surface area contributed by atoms with Gasteiger partial charge in [0.25, 0.3) is 0 Å². The fourth-order valence-corrected chi connectivity index (χ4v) is 3.19. The smallest absolute Gasteiger partial charge is 0.133 e. The Balaban J connectivity index is 1.90. The number of aryl methyl sites for hydroxylation is 2. The molecule has 0 amide bonds. The van der Waals surface area contributed by atoms with Gasteiger partial charge in [0, 0.05) is 37.4 Å². The Labute approximate surface area is 115 Å². The number of nitrogens with zero attached hydrogens (tertiary/aromatic N) is 3. The molecule has 19 heavy (non-hydrogen) atoms. The zero-order valence-electron chi connectivity index (χ0n) is 11.9. The maximum absolute atomic E-state index is 5.94. The lowest BCUT2D eigenvalue weighted by molar-refractivity contribution is 0.360. The number of anilines is 1. The molecule has 0 radical (unpaired) electrons. The van der Waals surface area contributed by atoms with Crippen LogP contribution >= 0.6 is 0 Å². The predicted molar refractivity (Wildman–Crippen MR) is 78.5 cm³/mol. The van der Waals surface area contributed by atoms with E-state index < -0.39 is 0 Å². The molecule has 4 nitrogen and oxygen atoms in total. The molecule has 0 bridgehead atoms. The molecule has 0 unspecified atom stereocenters. The van der Waals surface area contributed by atoms with Gasteiger partial charge in [0.05, 0.1) is 0 Å².